The number of carbonyl (C=O) groups excluding carboxylic acids is 1. The van der Waals surface area contributed by atoms with Crippen LogP contribution in [0.4, 0.5) is 0 Å². The van der Waals surface area contributed by atoms with Crippen LogP contribution in [0.15, 0.2) is 93.3 Å². The Morgan fingerprint density at radius 1 is 1.00 bits per heavy atom. The Morgan fingerprint density at radius 3 is 2.43 bits per heavy atom. The van der Waals surface area contributed by atoms with Crippen molar-refractivity contribution in [2.75, 3.05) is 0 Å². The lowest BCUT2D eigenvalue weighted by Crippen LogP contribution is -2.31. The summed E-state index contributed by atoms with van der Waals surface area (Å²) in [5, 5.41) is 0. The highest BCUT2D eigenvalue weighted by Gasteiger charge is 2.15. The molecule has 0 N–H and O–H groups in total. The van der Waals surface area contributed by atoms with Gasteiger partial charge in [-0.05, 0) is 35.2 Å². The summed E-state index contributed by atoms with van der Waals surface area (Å²) in [7, 11) is 0. The van der Waals surface area contributed by atoms with Crippen molar-refractivity contribution in [1.82, 2.24) is 4.57 Å². The molecule has 0 unspecified atom stereocenters. The van der Waals surface area contributed by atoms with Crippen LogP contribution in [-0.4, -0.2) is 10.5 Å². The average molecular weight is 417 g/mol. The molecule has 150 valence electrons. The molecule has 30 heavy (non-hydrogen) atoms. The molecule has 0 aliphatic rings. The van der Waals surface area contributed by atoms with Crippen LogP contribution < -0.4 is 10.4 Å². The Kier molecular flexibility index (Phi) is 5.59. The first-order valence-electron chi connectivity index (χ1n) is 9.59. The summed E-state index contributed by atoms with van der Waals surface area (Å²) in [6.45, 7) is 4.13. The highest BCUT2D eigenvalue weighted by Crippen LogP contribution is 2.23. The third-order valence-corrected chi connectivity index (χ3v) is 5.68. The fraction of sp³-hybridized carbons (Fsp3) is 0.125. The van der Waals surface area contributed by atoms with Gasteiger partial charge in [-0.15, -0.1) is 0 Å². The van der Waals surface area contributed by atoms with Crippen LogP contribution in [0.25, 0.3) is 16.1 Å². The predicted molar refractivity (Wildman–Crippen MR) is 118 cm³/mol. The van der Waals surface area contributed by atoms with Gasteiger partial charge in [-0.3, -0.25) is 14.2 Å². The number of rotatable bonds is 4. The maximum Gasteiger partial charge on any atom is 0.315 e. The van der Waals surface area contributed by atoms with Crippen molar-refractivity contribution in [3.63, 3.8) is 0 Å². The van der Waals surface area contributed by atoms with Gasteiger partial charge in [0.1, 0.15) is 0 Å². The highest BCUT2D eigenvalue weighted by atomic mass is 32.1. The van der Waals surface area contributed by atoms with Gasteiger partial charge in [-0.2, -0.15) is 4.99 Å². The van der Waals surface area contributed by atoms with Gasteiger partial charge in [0, 0.05) is 10.9 Å². The molecule has 4 rings (SSSR count). The molecule has 5 nitrogen and oxygen atoms in total. The minimum atomic E-state index is -0.531. The standard InChI is InChI=1S/C24H20N2O3S/c1-16(2)18-11-6-7-12-19(18)26-22(27)15-21(17-9-4-3-5-10-17)30-24(26)25-23(28)20-13-8-14-29-20/h3-16H,1-2H3/b25-24-. The molecule has 2 aromatic heterocycles. The molecule has 4 aromatic rings. The molecule has 0 saturated heterocycles. The van der Waals surface area contributed by atoms with Crippen molar-refractivity contribution in [3.05, 3.63) is 106 Å². The Morgan fingerprint density at radius 2 is 1.73 bits per heavy atom. The van der Waals surface area contributed by atoms with E-state index in [0.29, 0.717) is 4.80 Å². The van der Waals surface area contributed by atoms with Crippen molar-refractivity contribution >= 4 is 17.2 Å². The van der Waals surface area contributed by atoms with Crippen molar-refractivity contribution in [1.29, 1.82) is 0 Å². The fourth-order valence-corrected chi connectivity index (χ4v) is 4.22. The zero-order valence-corrected chi connectivity index (χ0v) is 17.4. The number of benzene rings is 2. The van der Waals surface area contributed by atoms with Gasteiger partial charge in [0.05, 0.1) is 12.0 Å². The second-order valence-corrected chi connectivity index (χ2v) is 8.05. The van der Waals surface area contributed by atoms with Crippen LogP contribution in [0.2, 0.25) is 0 Å². The van der Waals surface area contributed by atoms with Crippen molar-refractivity contribution in [3.8, 4) is 16.1 Å². The van der Waals surface area contributed by atoms with E-state index in [0.717, 1.165) is 21.7 Å². The first-order chi connectivity index (χ1) is 14.5. The van der Waals surface area contributed by atoms with Crippen molar-refractivity contribution in [2.24, 2.45) is 4.99 Å². The minimum absolute atomic E-state index is 0.128. The first-order valence-corrected chi connectivity index (χ1v) is 10.4. The van der Waals surface area contributed by atoms with Gasteiger partial charge in [-0.1, -0.05) is 73.7 Å². The summed E-state index contributed by atoms with van der Waals surface area (Å²) in [6, 6.07) is 22.0. The van der Waals surface area contributed by atoms with Gasteiger partial charge in [0.25, 0.3) is 5.56 Å². The lowest BCUT2D eigenvalue weighted by molar-refractivity contribution is 0.0971. The van der Waals surface area contributed by atoms with E-state index in [2.05, 4.69) is 18.8 Å². The van der Waals surface area contributed by atoms with Gasteiger partial charge in [-0.25, -0.2) is 0 Å². The third-order valence-electron chi connectivity index (χ3n) is 4.65. The van der Waals surface area contributed by atoms with E-state index >= 15 is 0 Å². The van der Waals surface area contributed by atoms with Crippen LogP contribution in [0.5, 0.6) is 0 Å². The largest absolute Gasteiger partial charge is 0.459 e. The molecule has 0 saturated carbocycles. The fourth-order valence-electron chi connectivity index (χ4n) is 3.21. The van der Waals surface area contributed by atoms with Crippen LogP contribution in [0.1, 0.15) is 35.9 Å². The van der Waals surface area contributed by atoms with Gasteiger partial charge >= 0.3 is 5.91 Å². The Bertz CT molecular complexity index is 1300. The third kappa shape index (κ3) is 3.95. The average Bonchev–Trinajstić information content (AvgIpc) is 3.29. The summed E-state index contributed by atoms with van der Waals surface area (Å²) in [6.07, 6.45) is 1.42. The molecule has 0 spiro atoms. The predicted octanol–water partition coefficient (Wildman–Crippen LogP) is 5.02. The summed E-state index contributed by atoms with van der Waals surface area (Å²) in [5.41, 5.74) is 2.37. The number of carbonyl (C=O) groups is 1. The summed E-state index contributed by atoms with van der Waals surface area (Å²) in [5.74, 6) is -0.208. The zero-order valence-electron chi connectivity index (χ0n) is 16.6. The summed E-state index contributed by atoms with van der Waals surface area (Å²) >= 11 is 1.29. The van der Waals surface area contributed by atoms with Crippen LogP contribution in [0, 0.1) is 0 Å². The van der Waals surface area contributed by atoms with E-state index in [1.165, 1.54) is 22.2 Å². The normalized spacial score (nSPS) is 11.8. The second kappa shape index (κ2) is 8.47. The molecule has 1 amide bonds. The molecule has 0 aliphatic heterocycles. The smallest absolute Gasteiger partial charge is 0.315 e. The minimum Gasteiger partial charge on any atom is -0.459 e. The van der Waals surface area contributed by atoms with Crippen LogP contribution in [-0.2, 0) is 0 Å². The second-order valence-electron chi connectivity index (χ2n) is 7.04. The molecular weight excluding hydrogens is 396 g/mol. The Balaban J connectivity index is 2.01. The lowest BCUT2D eigenvalue weighted by atomic mass is 10.0. The number of hydrogen-bond acceptors (Lipinski definition) is 4. The topological polar surface area (TPSA) is 64.6 Å². The number of furan rings is 1. The molecule has 6 heteroatoms. The highest BCUT2D eigenvalue weighted by molar-refractivity contribution is 7.12. The van der Waals surface area contributed by atoms with Gasteiger partial charge in [0.2, 0.25) is 4.80 Å². The zero-order chi connectivity index (χ0) is 21.1. The lowest BCUT2D eigenvalue weighted by Gasteiger charge is -2.15. The maximum atomic E-state index is 13.3. The summed E-state index contributed by atoms with van der Waals surface area (Å²) < 4.78 is 6.70. The van der Waals surface area contributed by atoms with E-state index in [1.807, 2.05) is 54.6 Å². The van der Waals surface area contributed by atoms with Gasteiger partial charge < -0.3 is 4.42 Å². The molecule has 2 aromatic carbocycles. The van der Waals surface area contributed by atoms with E-state index in [4.69, 9.17) is 4.42 Å². The van der Waals surface area contributed by atoms with Crippen molar-refractivity contribution in [2.45, 2.75) is 19.8 Å². The Labute approximate surface area is 177 Å². The molecular formula is C24H20N2O3S. The number of aromatic nitrogens is 1. The monoisotopic (exact) mass is 416 g/mol. The number of hydrogen-bond donors (Lipinski definition) is 0. The SMILES string of the molecule is CC(C)c1ccccc1-n1c(=O)cc(-c2ccccc2)s/c1=N\C(=O)c1ccco1. The quantitative estimate of drug-likeness (QED) is 0.469. The molecule has 0 atom stereocenters. The van der Waals surface area contributed by atoms with E-state index in [9.17, 15) is 9.59 Å². The summed E-state index contributed by atoms with van der Waals surface area (Å²) in [4.78, 5) is 31.2. The molecule has 2 heterocycles. The number of nitrogens with zero attached hydrogens (tertiary/aromatic N) is 2. The van der Waals surface area contributed by atoms with Gasteiger partial charge in [0.15, 0.2) is 5.76 Å². The van der Waals surface area contributed by atoms with E-state index in [-0.39, 0.29) is 17.2 Å². The Hall–Kier alpha value is -3.51. The van der Waals surface area contributed by atoms with E-state index < -0.39 is 5.91 Å². The molecule has 0 fully saturated rings. The number of amides is 1. The van der Waals surface area contributed by atoms with Crippen LogP contribution >= 0.6 is 11.3 Å². The first kappa shape index (κ1) is 19.8. The maximum absolute atomic E-state index is 13.3. The molecule has 0 aliphatic carbocycles. The molecule has 0 bridgehead atoms. The van der Waals surface area contributed by atoms with Crippen LogP contribution in [0.3, 0.4) is 0 Å². The molecule has 0 radical (unpaired) electrons. The van der Waals surface area contributed by atoms with Crippen molar-refractivity contribution < 1.29 is 9.21 Å². The van der Waals surface area contributed by atoms with E-state index in [1.54, 1.807) is 18.2 Å². The number of para-hydroxylation sites is 1.